The van der Waals surface area contributed by atoms with Crippen molar-refractivity contribution in [1.82, 2.24) is 14.6 Å². The maximum Gasteiger partial charge on any atom is 0.254 e. The van der Waals surface area contributed by atoms with Crippen LogP contribution in [0.1, 0.15) is 21.6 Å². The Hall–Kier alpha value is -2.69. The first-order valence-electron chi connectivity index (χ1n) is 6.41. The third-order valence-electron chi connectivity index (χ3n) is 3.21. The molecule has 5 nitrogen and oxygen atoms in total. The van der Waals surface area contributed by atoms with Crippen LogP contribution in [0, 0.1) is 0 Å². The molecule has 3 rings (SSSR count). The molecule has 100 valence electrons. The van der Waals surface area contributed by atoms with Gasteiger partial charge in [-0.2, -0.15) is 5.10 Å². The van der Waals surface area contributed by atoms with E-state index in [4.69, 9.17) is 5.73 Å². The van der Waals surface area contributed by atoms with E-state index in [1.807, 2.05) is 18.2 Å². The lowest BCUT2D eigenvalue weighted by atomic mass is 10.1. The molecular weight excluding hydrogens is 252 g/mol. The van der Waals surface area contributed by atoms with Crippen LogP contribution in [0.15, 0.2) is 48.8 Å². The number of nitrogens with two attached hydrogens (primary N) is 1. The number of carbonyl (C=O) groups excluding carboxylic acids is 1. The minimum absolute atomic E-state index is 0.418. The van der Waals surface area contributed by atoms with Crippen LogP contribution in [0.4, 0.5) is 0 Å². The van der Waals surface area contributed by atoms with E-state index in [1.165, 1.54) is 5.56 Å². The number of carbonyl (C=O) groups is 1. The molecule has 3 aromatic rings. The van der Waals surface area contributed by atoms with Crippen LogP contribution in [0.2, 0.25) is 0 Å². The summed E-state index contributed by atoms with van der Waals surface area (Å²) in [5, 5.41) is 4.40. The lowest BCUT2D eigenvalue weighted by Gasteiger charge is -2.00. The summed E-state index contributed by atoms with van der Waals surface area (Å²) in [4.78, 5) is 15.8. The van der Waals surface area contributed by atoms with Gasteiger partial charge in [-0.25, -0.2) is 9.50 Å². The van der Waals surface area contributed by atoms with Crippen molar-refractivity contribution >= 4 is 11.6 Å². The summed E-state index contributed by atoms with van der Waals surface area (Å²) in [7, 11) is 0. The first-order valence-corrected chi connectivity index (χ1v) is 6.41. The molecule has 0 saturated heterocycles. The molecule has 0 aliphatic carbocycles. The number of amides is 1. The molecule has 0 bridgehead atoms. The SMILES string of the molecule is NC(=O)c1c(CCc2ccccc2)nn2cccnc12. The van der Waals surface area contributed by atoms with Crippen molar-refractivity contribution in [2.45, 2.75) is 12.8 Å². The van der Waals surface area contributed by atoms with Gasteiger partial charge in [0.15, 0.2) is 5.65 Å². The molecule has 0 spiro atoms. The second-order valence-electron chi connectivity index (χ2n) is 4.56. The summed E-state index contributed by atoms with van der Waals surface area (Å²) >= 11 is 0. The Morgan fingerprint density at radius 2 is 1.95 bits per heavy atom. The van der Waals surface area contributed by atoms with E-state index in [0.29, 0.717) is 23.3 Å². The predicted octanol–water partition coefficient (Wildman–Crippen LogP) is 1.61. The van der Waals surface area contributed by atoms with E-state index in [1.54, 1.807) is 23.0 Å². The molecule has 0 unspecified atom stereocenters. The van der Waals surface area contributed by atoms with Crippen molar-refractivity contribution in [1.29, 1.82) is 0 Å². The van der Waals surface area contributed by atoms with Gasteiger partial charge in [0, 0.05) is 12.4 Å². The zero-order valence-electron chi connectivity index (χ0n) is 10.9. The number of hydrogen-bond donors (Lipinski definition) is 1. The van der Waals surface area contributed by atoms with Crippen molar-refractivity contribution in [2.24, 2.45) is 5.73 Å². The minimum atomic E-state index is -0.484. The first kappa shape index (κ1) is 12.3. The molecule has 0 aliphatic rings. The molecule has 0 fully saturated rings. The minimum Gasteiger partial charge on any atom is -0.365 e. The fourth-order valence-corrected chi connectivity index (χ4v) is 2.27. The van der Waals surface area contributed by atoms with E-state index in [2.05, 4.69) is 22.2 Å². The van der Waals surface area contributed by atoms with Crippen LogP contribution in [-0.2, 0) is 12.8 Å². The van der Waals surface area contributed by atoms with Crippen LogP contribution >= 0.6 is 0 Å². The van der Waals surface area contributed by atoms with E-state index < -0.39 is 5.91 Å². The smallest absolute Gasteiger partial charge is 0.254 e. The van der Waals surface area contributed by atoms with Crippen LogP contribution in [-0.4, -0.2) is 20.5 Å². The largest absolute Gasteiger partial charge is 0.365 e. The number of aromatic nitrogens is 3. The van der Waals surface area contributed by atoms with Gasteiger partial charge in [-0.3, -0.25) is 4.79 Å². The van der Waals surface area contributed by atoms with E-state index >= 15 is 0 Å². The van der Waals surface area contributed by atoms with Gasteiger partial charge in [-0.1, -0.05) is 30.3 Å². The van der Waals surface area contributed by atoms with Gasteiger partial charge in [0.05, 0.1) is 5.69 Å². The molecule has 0 aliphatic heterocycles. The zero-order valence-corrected chi connectivity index (χ0v) is 10.9. The van der Waals surface area contributed by atoms with Gasteiger partial charge in [0.1, 0.15) is 5.56 Å². The summed E-state index contributed by atoms with van der Waals surface area (Å²) in [6.07, 6.45) is 4.86. The van der Waals surface area contributed by atoms with Crippen LogP contribution in [0.5, 0.6) is 0 Å². The Morgan fingerprint density at radius 3 is 2.70 bits per heavy atom. The molecule has 1 amide bonds. The van der Waals surface area contributed by atoms with Crippen molar-refractivity contribution < 1.29 is 4.79 Å². The lowest BCUT2D eigenvalue weighted by molar-refractivity contribution is 0.100. The Labute approximate surface area is 116 Å². The van der Waals surface area contributed by atoms with Gasteiger partial charge in [0.25, 0.3) is 5.91 Å². The van der Waals surface area contributed by atoms with Gasteiger partial charge in [-0.05, 0) is 24.5 Å². The number of benzene rings is 1. The van der Waals surface area contributed by atoms with Gasteiger partial charge in [0.2, 0.25) is 0 Å². The Balaban J connectivity index is 1.95. The van der Waals surface area contributed by atoms with E-state index in [0.717, 1.165) is 6.42 Å². The highest BCUT2D eigenvalue weighted by Gasteiger charge is 2.17. The van der Waals surface area contributed by atoms with Crippen LogP contribution in [0.25, 0.3) is 5.65 Å². The summed E-state index contributed by atoms with van der Waals surface area (Å²) in [5.41, 5.74) is 8.29. The van der Waals surface area contributed by atoms with Gasteiger partial charge in [-0.15, -0.1) is 0 Å². The molecule has 2 aromatic heterocycles. The zero-order chi connectivity index (χ0) is 13.9. The third-order valence-corrected chi connectivity index (χ3v) is 3.21. The fourth-order valence-electron chi connectivity index (χ4n) is 2.27. The van der Waals surface area contributed by atoms with Crippen LogP contribution in [0.3, 0.4) is 0 Å². The third kappa shape index (κ3) is 2.25. The Kier molecular flexibility index (Phi) is 3.16. The number of nitrogens with zero attached hydrogens (tertiary/aromatic N) is 3. The quantitative estimate of drug-likeness (QED) is 0.779. The molecule has 20 heavy (non-hydrogen) atoms. The van der Waals surface area contributed by atoms with Crippen molar-refractivity contribution in [3.63, 3.8) is 0 Å². The van der Waals surface area contributed by atoms with Gasteiger partial charge >= 0.3 is 0 Å². The summed E-state index contributed by atoms with van der Waals surface area (Å²) in [5.74, 6) is -0.484. The second kappa shape index (κ2) is 5.13. The maximum atomic E-state index is 11.6. The Morgan fingerprint density at radius 1 is 1.15 bits per heavy atom. The molecule has 1 aromatic carbocycles. The molecule has 5 heteroatoms. The topological polar surface area (TPSA) is 73.3 Å². The number of aryl methyl sites for hydroxylation is 2. The van der Waals surface area contributed by atoms with E-state index in [9.17, 15) is 4.79 Å². The Bertz CT molecular complexity index is 749. The summed E-state index contributed by atoms with van der Waals surface area (Å²) in [6.45, 7) is 0. The van der Waals surface area contributed by atoms with Crippen molar-refractivity contribution in [3.8, 4) is 0 Å². The highest BCUT2D eigenvalue weighted by Crippen LogP contribution is 2.15. The number of primary amides is 1. The van der Waals surface area contributed by atoms with Crippen molar-refractivity contribution in [2.75, 3.05) is 0 Å². The molecule has 0 atom stereocenters. The fraction of sp³-hybridized carbons (Fsp3) is 0.133. The average Bonchev–Trinajstić information content (AvgIpc) is 2.84. The van der Waals surface area contributed by atoms with Gasteiger partial charge < -0.3 is 5.73 Å². The predicted molar refractivity (Wildman–Crippen MR) is 75.4 cm³/mol. The highest BCUT2D eigenvalue weighted by atomic mass is 16.1. The van der Waals surface area contributed by atoms with Crippen molar-refractivity contribution in [3.05, 3.63) is 65.6 Å². The number of rotatable bonds is 4. The number of hydrogen-bond acceptors (Lipinski definition) is 3. The normalized spacial score (nSPS) is 10.8. The van der Waals surface area contributed by atoms with E-state index in [-0.39, 0.29) is 0 Å². The maximum absolute atomic E-state index is 11.6. The van der Waals surface area contributed by atoms with Crippen LogP contribution < -0.4 is 5.73 Å². The second-order valence-corrected chi connectivity index (χ2v) is 4.56. The average molecular weight is 266 g/mol. The monoisotopic (exact) mass is 266 g/mol. The highest BCUT2D eigenvalue weighted by molar-refractivity contribution is 5.99. The molecule has 2 N–H and O–H groups in total. The standard InChI is InChI=1S/C15H14N4O/c16-14(20)13-12(8-7-11-5-2-1-3-6-11)18-19-10-4-9-17-15(13)19/h1-6,9-10H,7-8H2,(H2,16,20). The number of fused-ring (bicyclic) bond motifs is 1. The molecule has 0 radical (unpaired) electrons. The first-order chi connectivity index (χ1) is 9.75. The lowest BCUT2D eigenvalue weighted by Crippen LogP contribution is -2.13. The molecule has 2 heterocycles. The molecular formula is C15H14N4O. The molecule has 0 saturated carbocycles. The summed E-state index contributed by atoms with van der Waals surface area (Å²) in [6, 6.07) is 11.8. The summed E-state index contributed by atoms with van der Waals surface area (Å²) < 4.78 is 1.60.